The van der Waals surface area contributed by atoms with E-state index in [1.165, 1.54) is 13.2 Å². The zero-order valence-electron chi connectivity index (χ0n) is 7.93. The molecule has 84 valence electrons. The molecule has 0 unspecified atom stereocenters. The molecular formula is C9H10BrF2NO2. The molecule has 1 aromatic rings. The molecule has 3 nitrogen and oxygen atoms in total. The van der Waals surface area contributed by atoms with E-state index in [0.29, 0.717) is 4.47 Å². The van der Waals surface area contributed by atoms with Gasteiger partial charge >= 0.3 is 0 Å². The van der Waals surface area contributed by atoms with Crippen LogP contribution in [0.1, 0.15) is 5.56 Å². The van der Waals surface area contributed by atoms with Crippen molar-refractivity contribution in [1.82, 2.24) is 0 Å². The van der Waals surface area contributed by atoms with E-state index in [9.17, 15) is 13.9 Å². The number of nitrogens with two attached hydrogens (primary N) is 1. The van der Waals surface area contributed by atoms with Crippen molar-refractivity contribution in [3.05, 3.63) is 22.2 Å². The van der Waals surface area contributed by atoms with Crippen molar-refractivity contribution in [2.75, 3.05) is 13.7 Å². The predicted molar refractivity (Wildman–Crippen MR) is 55.3 cm³/mol. The largest absolute Gasteiger partial charge is 0.504 e. The number of rotatable bonds is 3. The zero-order chi connectivity index (χ0) is 11.6. The van der Waals surface area contributed by atoms with Crippen LogP contribution in [-0.4, -0.2) is 18.8 Å². The van der Waals surface area contributed by atoms with Crippen molar-refractivity contribution in [2.24, 2.45) is 5.73 Å². The van der Waals surface area contributed by atoms with Crippen LogP contribution in [0.25, 0.3) is 0 Å². The molecule has 0 aliphatic heterocycles. The quantitative estimate of drug-likeness (QED) is 0.893. The Morgan fingerprint density at radius 2 is 2.13 bits per heavy atom. The lowest BCUT2D eigenvalue weighted by molar-refractivity contribution is 0.00339. The Morgan fingerprint density at radius 3 is 2.60 bits per heavy atom. The van der Waals surface area contributed by atoms with E-state index in [1.54, 1.807) is 0 Å². The fourth-order valence-electron chi connectivity index (χ4n) is 1.12. The molecule has 0 spiro atoms. The number of halogens is 3. The number of phenols is 1. The summed E-state index contributed by atoms with van der Waals surface area (Å²) in [6.07, 6.45) is 0. The highest BCUT2D eigenvalue weighted by atomic mass is 79.9. The fourth-order valence-corrected chi connectivity index (χ4v) is 1.56. The lowest BCUT2D eigenvalue weighted by Crippen LogP contribution is -2.25. The molecular weight excluding hydrogens is 272 g/mol. The summed E-state index contributed by atoms with van der Waals surface area (Å²) in [5.74, 6) is -3.88. The molecule has 0 saturated heterocycles. The predicted octanol–water partition coefficient (Wildman–Crippen LogP) is 2.21. The SMILES string of the molecule is COc1cc(Br)cc(C(F)(F)CN)c1O. The zero-order valence-corrected chi connectivity index (χ0v) is 9.51. The van der Waals surface area contributed by atoms with Crippen LogP contribution in [0, 0.1) is 0 Å². The maximum Gasteiger partial charge on any atom is 0.288 e. The molecule has 0 heterocycles. The van der Waals surface area contributed by atoms with E-state index in [2.05, 4.69) is 15.9 Å². The summed E-state index contributed by atoms with van der Waals surface area (Å²) in [5.41, 5.74) is 4.39. The van der Waals surface area contributed by atoms with Gasteiger partial charge in [-0.25, -0.2) is 0 Å². The Balaban J connectivity index is 3.35. The maximum absolute atomic E-state index is 13.3. The average Bonchev–Trinajstić information content (AvgIpc) is 2.20. The van der Waals surface area contributed by atoms with E-state index in [4.69, 9.17) is 10.5 Å². The van der Waals surface area contributed by atoms with Gasteiger partial charge in [-0.3, -0.25) is 0 Å². The molecule has 0 radical (unpaired) electrons. The van der Waals surface area contributed by atoms with Gasteiger partial charge in [-0.1, -0.05) is 15.9 Å². The van der Waals surface area contributed by atoms with Gasteiger partial charge in [0.15, 0.2) is 11.5 Å². The summed E-state index contributed by atoms with van der Waals surface area (Å²) < 4.78 is 31.7. The Bertz CT molecular complexity index is 371. The summed E-state index contributed by atoms with van der Waals surface area (Å²) in [6.45, 7) is -0.875. The third-order valence-corrected chi connectivity index (χ3v) is 2.37. The minimum absolute atomic E-state index is 0.0208. The average molecular weight is 282 g/mol. The first-order valence-corrected chi connectivity index (χ1v) is 4.86. The minimum atomic E-state index is -3.28. The van der Waals surface area contributed by atoms with E-state index < -0.39 is 23.8 Å². The molecule has 1 rings (SSSR count). The summed E-state index contributed by atoms with van der Waals surface area (Å²) >= 11 is 3.04. The van der Waals surface area contributed by atoms with Gasteiger partial charge in [0.05, 0.1) is 19.2 Å². The number of phenolic OH excluding ortho intramolecular Hbond substituents is 1. The number of methoxy groups -OCH3 is 1. The smallest absolute Gasteiger partial charge is 0.288 e. The van der Waals surface area contributed by atoms with Crippen LogP contribution < -0.4 is 10.5 Å². The molecule has 0 aliphatic rings. The lowest BCUT2D eigenvalue weighted by Gasteiger charge is -2.17. The Kier molecular flexibility index (Phi) is 3.51. The van der Waals surface area contributed by atoms with Crippen LogP contribution >= 0.6 is 15.9 Å². The van der Waals surface area contributed by atoms with Gasteiger partial charge in [0.2, 0.25) is 0 Å². The summed E-state index contributed by atoms with van der Waals surface area (Å²) in [6, 6.07) is 2.51. The van der Waals surface area contributed by atoms with Crippen molar-refractivity contribution < 1.29 is 18.6 Å². The molecule has 15 heavy (non-hydrogen) atoms. The van der Waals surface area contributed by atoms with Crippen LogP contribution in [-0.2, 0) is 5.92 Å². The number of hydrogen-bond acceptors (Lipinski definition) is 3. The summed E-state index contributed by atoms with van der Waals surface area (Å²) in [7, 11) is 1.28. The first kappa shape index (κ1) is 12.2. The van der Waals surface area contributed by atoms with Crippen molar-refractivity contribution in [2.45, 2.75) is 5.92 Å². The first-order valence-electron chi connectivity index (χ1n) is 4.07. The Labute approximate surface area is 94.0 Å². The van der Waals surface area contributed by atoms with E-state index in [0.717, 1.165) is 6.07 Å². The molecule has 0 amide bonds. The van der Waals surface area contributed by atoms with E-state index in [-0.39, 0.29) is 5.75 Å². The van der Waals surface area contributed by atoms with Gasteiger partial charge in [-0.15, -0.1) is 0 Å². The number of ether oxygens (including phenoxy) is 1. The standard InChI is InChI=1S/C9H10BrF2NO2/c1-15-7-3-5(10)2-6(8(7)14)9(11,12)4-13/h2-3,14H,4,13H2,1H3. The molecule has 1 aromatic carbocycles. The van der Waals surface area contributed by atoms with Crippen LogP contribution in [0.15, 0.2) is 16.6 Å². The highest BCUT2D eigenvalue weighted by molar-refractivity contribution is 9.10. The van der Waals surface area contributed by atoms with Gasteiger partial charge in [-0.05, 0) is 12.1 Å². The second kappa shape index (κ2) is 4.32. The van der Waals surface area contributed by atoms with Crippen LogP contribution in [0.2, 0.25) is 0 Å². The first-order chi connectivity index (χ1) is 6.92. The maximum atomic E-state index is 13.3. The normalized spacial score (nSPS) is 11.5. The van der Waals surface area contributed by atoms with Gasteiger partial charge in [0.25, 0.3) is 5.92 Å². The highest BCUT2D eigenvalue weighted by Crippen LogP contribution is 2.41. The van der Waals surface area contributed by atoms with Crippen LogP contribution in [0.4, 0.5) is 8.78 Å². The fraction of sp³-hybridized carbons (Fsp3) is 0.333. The van der Waals surface area contributed by atoms with Crippen molar-refractivity contribution in [3.8, 4) is 11.5 Å². The monoisotopic (exact) mass is 281 g/mol. The molecule has 0 aromatic heterocycles. The van der Waals surface area contributed by atoms with E-state index >= 15 is 0 Å². The number of benzene rings is 1. The van der Waals surface area contributed by atoms with Gasteiger partial charge in [0, 0.05) is 4.47 Å². The van der Waals surface area contributed by atoms with Gasteiger partial charge < -0.3 is 15.6 Å². The van der Waals surface area contributed by atoms with Gasteiger partial charge in [0.1, 0.15) is 0 Å². The summed E-state index contributed by atoms with van der Waals surface area (Å²) in [4.78, 5) is 0. The molecule has 0 atom stereocenters. The molecule has 0 bridgehead atoms. The van der Waals surface area contributed by atoms with E-state index in [1.807, 2.05) is 0 Å². The molecule has 0 aliphatic carbocycles. The third kappa shape index (κ3) is 2.38. The van der Waals surface area contributed by atoms with Crippen molar-refractivity contribution >= 4 is 15.9 Å². The Morgan fingerprint density at radius 1 is 1.53 bits per heavy atom. The third-order valence-electron chi connectivity index (χ3n) is 1.91. The number of aromatic hydroxyl groups is 1. The summed E-state index contributed by atoms with van der Waals surface area (Å²) in [5, 5.41) is 9.50. The molecule has 0 fully saturated rings. The van der Waals surface area contributed by atoms with Gasteiger partial charge in [-0.2, -0.15) is 8.78 Å². The minimum Gasteiger partial charge on any atom is -0.504 e. The number of hydrogen-bond donors (Lipinski definition) is 2. The van der Waals surface area contributed by atoms with Crippen LogP contribution in [0.5, 0.6) is 11.5 Å². The Hall–Kier alpha value is -0.880. The second-order valence-corrected chi connectivity index (χ2v) is 3.83. The molecule has 6 heteroatoms. The second-order valence-electron chi connectivity index (χ2n) is 2.91. The molecule has 3 N–H and O–H groups in total. The highest BCUT2D eigenvalue weighted by Gasteiger charge is 2.34. The van der Waals surface area contributed by atoms with Crippen molar-refractivity contribution in [3.63, 3.8) is 0 Å². The van der Waals surface area contributed by atoms with Crippen molar-refractivity contribution in [1.29, 1.82) is 0 Å². The lowest BCUT2D eigenvalue weighted by atomic mass is 10.1. The van der Waals surface area contributed by atoms with Crippen LogP contribution in [0.3, 0.4) is 0 Å². The molecule has 0 saturated carbocycles. The topological polar surface area (TPSA) is 55.5 Å². The number of alkyl halides is 2.